The third kappa shape index (κ3) is 2.44. The number of rotatable bonds is 2. The van der Waals surface area contributed by atoms with Crippen LogP contribution in [0.3, 0.4) is 0 Å². The summed E-state index contributed by atoms with van der Waals surface area (Å²) in [6.45, 7) is 0. The van der Waals surface area contributed by atoms with E-state index in [0.717, 1.165) is 25.7 Å². The van der Waals surface area contributed by atoms with Gasteiger partial charge in [0.05, 0.1) is 13.1 Å². The van der Waals surface area contributed by atoms with Crippen molar-refractivity contribution in [2.45, 2.75) is 44.2 Å². The van der Waals surface area contributed by atoms with Crippen molar-refractivity contribution in [2.24, 2.45) is 11.8 Å². The third-order valence-electron chi connectivity index (χ3n) is 4.05. The van der Waals surface area contributed by atoms with Gasteiger partial charge in [0.2, 0.25) is 0 Å². The monoisotopic (exact) mass is 240 g/mol. The number of piperidine rings is 1. The van der Waals surface area contributed by atoms with E-state index in [2.05, 4.69) is 5.32 Å². The van der Waals surface area contributed by atoms with E-state index in [-0.39, 0.29) is 11.9 Å². The van der Waals surface area contributed by atoms with Gasteiger partial charge in [-0.05, 0) is 24.7 Å². The first-order valence-electron chi connectivity index (χ1n) is 6.18. The quantitative estimate of drug-likeness (QED) is 0.655. The summed E-state index contributed by atoms with van der Waals surface area (Å²) >= 11 is 0. The molecule has 0 aromatic heterocycles. The smallest absolute Gasteiger partial charge is 0.323 e. The maximum absolute atomic E-state index is 11.7. The summed E-state index contributed by atoms with van der Waals surface area (Å²) in [6, 6.07) is -1.21. The van der Waals surface area contributed by atoms with Crippen molar-refractivity contribution in [3.8, 4) is 0 Å². The molecular formula is C12H18NO4-. The van der Waals surface area contributed by atoms with Gasteiger partial charge in [-0.15, -0.1) is 0 Å². The number of carbonyl (C=O) groups is 2. The molecule has 2 fully saturated rings. The topological polar surface area (TPSA) is 78.5 Å². The Bertz CT molecular complexity index is 318. The Morgan fingerprint density at radius 3 is 2.65 bits per heavy atom. The van der Waals surface area contributed by atoms with Crippen molar-refractivity contribution in [1.29, 1.82) is 0 Å². The minimum atomic E-state index is -1.12. The number of methoxy groups -OCH3 is 1. The largest absolute Gasteiger partial charge is 0.548 e. The zero-order chi connectivity index (χ0) is 12.4. The van der Waals surface area contributed by atoms with E-state index in [9.17, 15) is 14.7 Å². The zero-order valence-electron chi connectivity index (χ0n) is 9.98. The van der Waals surface area contributed by atoms with Crippen LogP contribution in [0.5, 0.6) is 0 Å². The van der Waals surface area contributed by atoms with Crippen LogP contribution in [0.15, 0.2) is 0 Å². The molecule has 1 N–H and O–H groups in total. The number of hydrogen-bond acceptors (Lipinski definition) is 5. The maximum Gasteiger partial charge on any atom is 0.323 e. The normalized spacial score (nSPS) is 37.0. The summed E-state index contributed by atoms with van der Waals surface area (Å²) in [5, 5.41) is 13.8. The molecule has 17 heavy (non-hydrogen) atoms. The summed E-state index contributed by atoms with van der Waals surface area (Å²) < 4.78 is 4.75. The van der Waals surface area contributed by atoms with Crippen molar-refractivity contribution in [1.82, 2.24) is 5.32 Å². The van der Waals surface area contributed by atoms with E-state index in [0.29, 0.717) is 12.3 Å². The maximum atomic E-state index is 11.7. The Morgan fingerprint density at radius 1 is 1.29 bits per heavy atom. The van der Waals surface area contributed by atoms with Crippen LogP contribution in [-0.4, -0.2) is 31.1 Å². The predicted octanol–water partition coefficient (Wildman–Crippen LogP) is -0.554. The van der Waals surface area contributed by atoms with Crippen LogP contribution in [-0.2, 0) is 14.3 Å². The van der Waals surface area contributed by atoms with Crippen molar-refractivity contribution in [3.63, 3.8) is 0 Å². The molecule has 0 bridgehead atoms. The van der Waals surface area contributed by atoms with Crippen molar-refractivity contribution < 1.29 is 19.4 Å². The van der Waals surface area contributed by atoms with Crippen LogP contribution < -0.4 is 10.4 Å². The Morgan fingerprint density at radius 2 is 2.00 bits per heavy atom. The molecule has 1 saturated heterocycles. The van der Waals surface area contributed by atoms with E-state index >= 15 is 0 Å². The van der Waals surface area contributed by atoms with Gasteiger partial charge in [-0.25, -0.2) is 0 Å². The van der Waals surface area contributed by atoms with Crippen LogP contribution in [0, 0.1) is 11.8 Å². The van der Waals surface area contributed by atoms with E-state index in [1.807, 2.05) is 0 Å². The van der Waals surface area contributed by atoms with Crippen molar-refractivity contribution >= 4 is 11.9 Å². The van der Waals surface area contributed by atoms with Crippen LogP contribution in [0.2, 0.25) is 0 Å². The Labute approximate surface area is 101 Å². The predicted molar refractivity (Wildman–Crippen MR) is 57.8 cm³/mol. The second-order valence-corrected chi connectivity index (χ2v) is 4.98. The van der Waals surface area contributed by atoms with Crippen LogP contribution in [0.1, 0.15) is 32.1 Å². The molecule has 1 aliphatic carbocycles. The molecule has 96 valence electrons. The first kappa shape index (κ1) is 12.4. The molecule has 4 atom stereocenters. The first-order chi connectivity index (χ1) is 8.13. The molecule has 5 heteroatoms. The molecule has 2 rings (SSSR count). The summed E-state index contributed by atoms with van der Waals surface area (Å²) in [6.07, 6.45) is 4.77. The second-order valence-electron chi connectivity index (χ2n) is 4.98. The van der Waals surface area contributed by atoms with Gasteiger partial charge in [0, 0.05) is 6.04 Å². The minimum Gasteiger partial charge on any atom is -0.548 e. The van der Waals surface area contributed by atoms with Crippen LogP contribution >= 0.6 is 0 Å². The van der Waals surface area contributed by atoms with Crippen molar-refractivity contribution in [3.05, 3.63) is 0 Å². The molecule has 0 aromatic carbocycles. The van der Waals surface area contributed by atoms with E-state index in [1.54, 1.807) is 0 Å². The second kappa shape index (κ2) is 5.04. The number of carbonyl (C=O) groups excluding carboxylic acids is 2. The Kier molecular flexibility index (Phi) is 3.66. The summed E-state index contributed by atoms with van der Waals surface area (Å²) in [5.41, 5.74) is 0. The highest BCUT2D eigenvalue weighted by molar-refractivity contribution is 5.79. The number of ether oxygens (including phenoxy) is 1. The lowest BCUT2D eigenvalue weighted by atomic mass is 9.70. The van der Waals surface area contributed by atoms with Gasteiger partial charge in [0.25, 0.3) is 0 Å². The minimum absolute atomic E-state index is 0.215. The number of esters is 1. The molecule has 0 radical (unpaired) electrons. The Balaban J connectivity index is 2.15. The van der Waals surface area contributed by atoms with Crippen molar-refractivity contribution in [2.75, 3.05) is 7.11 Å². The fraction of sp³-hybridized carbons (Fsp3) is 0.833. The zero-order valence-corrected chi connectivity index (χ0v) is 9.98. The van der Waals surface area contributed by atoms with Gasteiger partial charge < -0.3 is 14.6 Å². The fourth-order valence-corrected chi connectivity index (χ4v) is 3.21. The summed E-state index contributed by atoms with van der Waals surface area (Å²) in [4.78, 5) is 22.7. The number of carboxylic acids is 1. The van der Waals surface area contributed by atoms with Gasteiger partial charge in [0.1, 0.15) is 6.04 Å². The molecule has 0 amide bonds. The van der Waals surface area contributed by atoms with Crippen LogP contribution in [0.4, 0.5) is 0 Å². The highest BCUT2D eigenvalue weighted by Gasteiger charge is 2.42. The molecule has 5 nitrogen and oxygen atoms in total. The number of aliphatic carboxylic acids is 1. The highest BCUT2D eigenvalue weighted by atomic mass is 16.5. The van der Waals surface area contributed by atoms with Gasteiger partial charge in [0.15, 0.2) is 0 Å². The summed E-state index contributed by atoms with van der Waals surface area (Å²) in [5.74, 6) is -0.959. The highest BCUT2D eigenvalue weighted by Crippen LogP contribution is 2.38. The molecule has 0 aromatic rings. The first-order valence-corrected chi connectivity index (χ1v) is 6.18. The van der Waals surface area contributed by atoms with E-state index < -0.39 is 18.1 Å². The third-order valence-corrected chi connectivity index (χ3v) is 4.05. The standard InChI is InChI=1S/C12H19NO4/c1-17-12(16)10-8-5-3-2-4-7(8)6-9(13-10)11(14)15/h7-10,13H,2-6H2,1H3,(H,14,15)/p-1. The lowest BCUT2D eigenvalue weighted by Crippen LogP contribution is -2.61. The number of carboxylic acid groups (broad SMARTS) is 1. The Hall–Kier alpha value is -1.10. The number of fused-ring (bicyclic) bond motifs is 1. The lowest BCUT2D eigenvalue weighted by Gasteiger charge is -2.44. The fourth-order valence-electron chi connectivity index (χ4n) is 3.21. The molecule has 1 aliphatic heterocycles. The number of hydrogen-bond donors (Lipinski definition) is 1. The molecule has 1 heterocycles. The lowest BCUT2D eigenvalue weighted by molar-refractivity contribution is -0.309. The summed E-state index contributed by atoms with van der Waals surface area (Å²) in [7, 11) is 1.34. The van der Waals surface area contributed by atoms with E-state index in [1.165, 1.54) is 7.11 Å². The number of nitrogens with one attached hydrogen (secondary N) is 1. The molecular weight excluding hydrogens is 222 g/mol. The molecule has 0 spiro atoms. The average Bonchev–Trinajstić information content (AvgIpc) is 2.36. The van der Waals surface area contributed by atoms with Gasteiger partial charge in [-0.2, -0.15) is 0 Å². The van der Waals surface area contributed by atoms with Gasteiger partial charge in [-0.1, -0.05) is 19.3 Å². The molecule has 2 aliphatic rings. The van der Waals surface area contributed by atoms with Gasteiger partial charge in [-0.3, -0.25) is 10.1 Å². The van der Waals surface area contributed by atoms with Gasteiger partial charge >= 0.3 is 5.97 Å². The van der Waals surface area contributed by atoms with Crippen LogP contribution in [0.25, 0.3) is 0 Å². The molecule has 1 saturated carbocycles. The average molecular weight is 240 g/mol. The van der Waals surface area contributed by atoms with E-state index in [4.69, 9.17) is 4.74 Å². The molecule has 4 unspecified atom stereocenters. The SMILES string of the molecule is COC(=O)C1NC(C(=O)[O-])CC2CCCCC21.